The van der Waals surface area contributed by atoms with Crippen LogP contribution in [0.1, 0.15) is 20.7 Å². The second-order valence-corrected chi connectivity index (χ2v) is 5.16. The van der Waals surface area contributed by atoms with Gasteiger partial charge in [-0.15, -0.1) is 0 Å². The molecule has 5 N–H and O–H groups in total. The third-order valence-corrected chi connectivity index (χ3v) is 3.25. The van der Waals surface area contributed by atoms with Gasteiger partial charge in [-0.1, -0.05) is 15.9 Å². The number of hydrogen-bond acceptors (Lipinski definition) is 3. The Kier molecular flexibility index (Phi) is 4.23. The summed E-state index contributed by atoms with van der Waals surface area (Å²) in [6, 6.07) is 8.21. The number of benzene rings is 2. The monoisotopic (exact) mass is 351 g/mol. The highest BCUT2D eigenvalue weighted by molar-refractivity contribution is 9.10. The van der Waals surface area contributed by atoms with Gasteiger partial charge in [0.2, 0.25) is 5.91 Å². The number of nitrogens with two attached hydrogens (primary N) is 2. The molecule has 0 aliphatic heterocycles. The number of primary amides is 1. The molecule has 0 aliphatic rings. The molecular formula is C14H11BrFN3O2. The van der Waals surface area contributed by atoms with Crippen molar-refractivity contribution in [1.29, 1.82) is 0 Å². The number of hydrogen-bond donors (Lipinski definition) is 3. The van der Waals surface area contributed by atoms with Gasteiger partial charge in [-0.3, -0.25) is 9.59 Å². The summed E-state index contributed by atoms with van der Waals surface area (Å²) in [6.07, 6.45) is 0. The van der Waals surface area contributed by atoms with E-state index in [9.17, 15) is 14.0 Å². The molecule has 0 spiro atoms. The van der Waals surface area contributed by atoms with Gasteiger partial charge in [-0.05, 0) is 36.4 Å². The zero-order valence-corrected chi connectivity index (χ0v) is 12.3. The summed E-state index contributed by atoms with van der Waals surface area (Å²) >= 11 is 3.22. The molecule has 108 valence electrons. The molecule has 0 fully saturated rings. The predicted octanol–water partition coefficient (Wildman–Crippen LogP) is 2.52. The third-order valence-electron chi connectivity index (χ3n) is 2.76. The predicted molar refractivity (Wildman–Crippen MR) is 81.4 cm³/mol. The van der Waals surface area contributed by atoms with Crippen molar-refractivity contribution in [3.63, 3.8) is 0 Å². The lowest BCUT2D eigenvalue weighted by molar-refractivity contribution is 0.0996. The normalized spacial score (nSPS) is 10.2. The van der Waals surface area contributed by atoms with Crippen molar-refractivity contribution in [3.8, 4) is 0 Å². The Balaban J connectivity index is 2.33. The maximum Gasteiger partial charge on any atom is 0.257 e. The zero-order chi connectivity index (χ0) is 15.6. The Morgan fingerprint density at radius 1 is 1.14 bits per heavy atom. The highest BCUT2D eigenvalue weighted by Crippen LogP contribution is 2.21. The van der Waals surface area contributed by atoms with Crippen LogP contribution in [-0.4, -0.2) is 11.8 Å². The number of nitrogens with one attached hydrogen (secondary N) is 1. The fraction of sp³-hybridized carbons (Fsp3) is 0. The maximum atomic E-state index is 13.7. The van der Waals surface area contributed by atoms with Crippen LogP contribution in [0.15, 0.2) is 40.9 Å². The fourth-order valence-electron chi connectivity index (χ4n) is 1.69. The summed E-state index contributed by atoms with van der Waals surface area (Å²) in [7, 11) is 0. The minimum Gasteiger partial charge on any atom is -0.398 e. The van der Waals surface area contributed by atoms with E-state index in [0.717, 1.165) is 6.07 Å². The van der Waals surface area contributed by atoms with Gasteiger partial charge in [0.05, 0.1) is 11.3 Å². The van der Waals surface area contributed by atoms with Gasteiger partial charge in [0.15, 0.2) is 0 Å². The zero-order valence-electron chi connectivity index (χ0n) is 10.7. The lowest BCUT2D eigenvalue weighted by atomic mass is 10.1. The van der Waals surface area contributed by atoms with Crippen molar-refractivity contribution in [1.82, 2.24) is 0 Å². The summed E-state index contributed by atoms with van der Waals surface area (Å²) < 4.78 is 14.3. The Hall–Kier alpha value is -2.41. The van der Waals surface area contributed by atoms with Crippen LogP contribution in [-0.2, 0) is 0 Å². The number of rotatable bonds is 3. The van der Waals surface area contributed by atoms with E-state index in [1.165, 1.54) is 18.2 Å². The van der Waals surface area contributed by atoms with E-state index in [1.54, 1.807) is 12.1 Å². The van der Waals surface area contributed by atoms with Gasteiger partial charge in [-0.2, -0.15) is 0 Å². The summed E-state index contributed by atoms with van der Waals surface area (Å²) in [5.41, 5.74) is 11.2. The molecule has 0 aliphatic carbocycles. The number of halogens is 2. The van der Waals surface area contributed by atoms with Crippen LogP contribution in [0.25, 0.3) is 0 Å². The van der Waals surface area contributed by atoms with Gasteiger partial charge in [-0.25, -0.2) is 4.39 Å². The maximum absolute atomic E-state index is 13.7. The first-order valence-corrected chi connectivity index (χ1v) is 6.63. The van der Waals surface area contributed by atoms with Crippen LogP contribution in [0, 0.1) is 5.82 Å². The van der Waals surface area contributed by atoms with Gasteiger partial charge >= 0.3 is 0 Å². The minimum atomic E-state index is -0.715. The Labute approximate surface area is 128 Å². The fourth-order valence-corrected chi connectivity index (χ4v) is 2.05. The van der Waals surface area contributed by atoms with Crippen LogP contribution >= 0.6 is 15.9 Å². The minimum absolute atomic E-state index is 0.0916. The summed E-state index contributed by atoms with van der Waals surface area (Å²) in [6.45, 7) is 0. The van der Waals surface area contributed by atoms with Gasteiger partial charge < -0.3 is 16.8 Å². The molecule has 0 heterocycles. The van der Waals surface area contributed by atoms with E-state index < -0.39 is 17.6 Å². The smallest absolute Gasteiger partial charge is 0.257 e. The second kappa shape index (κ2) is 5.92. The van der Waals surface area contributed by atoms with E-state index in [1.807, 2.05) is 0 Å². The molecule has 0 atom stereocenters. The summed E-state index contributed by atoms with van der Waals surface area (Å²) in [4.78, 5) is 23.2. The molecule has 0 saturated heterocycles. The van der Waals surface area contributed by atoms with Crippen molar-refractivity contribution in [2.45, 2.75) is 0 Å². The average molecular weight is 352 g/mol. The number of anilines is 2. The van der Waals surface area contributed by atoms with Crippen molar-refractivity contribution in [3.05, 3.63) is 57.8 Å². The Morgan fingerprint density at radius 2 is 1.86 bits per heavy atom. The third kappa shape index (κ3) is 3.38. The first-order valence-electron chi connectivity index (χ1n) is 5.84. The molecular weight excluding hydrogens is 341 g/mol. The molecule has 2 rings (SSSR count). The molecule has 21 heavy (non-hydrogen) atoms. The molecule has 2 aromatic rings. The molecule has 0 saturated carbocycles. The topological polar surface area (TPSA) is 98.2 Å². The molecule has 7 heteroatoms. The molecule has 0 aromatic heterocycles. The highest BCUT2D eigenvalue weighted by Gasteiger charge is 2.14. The van der Waals surface area contributed by atoms with Gasteiger partial charge in [0.1, 0.15) is 5.82 Å². The first-order chi connectivity index (χ1) is 9.88. The Bertz CT molecular complexity index is 734. The lowest BCUT2D eigenvalue weighted by Gasteiger charge is -2.09. The number of amides is 2. The highest BCUT2D eigenvalue weighted by atomic mass is 79.9. The van der Waals surface area contributed by atoms with E-state index in [0.29, 0.717) is 4.47 Å². The van der Waals surface area contributed by atoms with Gasteiger partial charge in [0, 0.05) is 15.7 Å². The summed E-state index contributed by atoms with van der Waals surface area (Å²) in [5.74, 6) is -1.98. The molecule has 0 bridgehead atoms. The molecule has 5 nitrogen and oxygen atoms in total. The first kappa shape index (κ1) is 15.0. The van der Waals surface area contributed by atoms with Crippen LogP contribution in [0.2, 0.25) is 0 Å². The van der Waals surface area contributed by atoms with Crippen molar-refractivity contribution >= 4 is 39.1 Å². The largest absolute Gasteiger partial charge is 0.398 e. The quantitative estimate of drug-likeness (QED) is 0.741. The lowest BCUT2D eigenvalue weighted by Crippen LogP contribution is -2.16. The number of carbonyl (C=O) groups excluding carboxylic acids is 2. The van der Waals surface area contributed by atoms with Gasteiger partial charge in [0.25, 0.3) is 5.91 Å². The summed E-state index contributed by atoms with van der Waals surface area (Å²) in [5, 5.41) is 2.37. The molecule has 0 radical (unpaired) electrons. The standard InChI is InChI=1S/C14H11BrFN3O2/c15-8-2-4-11(17)9(6-8)14(21)19-12-5-7(13(18)20)1-3-10(12)16/h1-6H,17H2,(H2,18,20)(H,19,21). The molecule has 2 aromatic carbocycles. The van der Waals surface area contributed by atoms with Crippen LogP contribution in [0.3, 0.4) is 0 Å². The van der Waals surface area contributed by atoms with Crippen molar-refractivity contribution < 1.29 is 14.0 Å². The van der Waals surface area contributed by atoms with Crippen LogP contribution in [0.4, 0.5) is 15.8 Å². The van der Waals surface area contributed by atoms with Crippen molar-refractivity contribution in [2.75, 3.05) is 11.1 Å². The van der Waals surface area contributed by atoms with Crippen molar-refractivity contribution in [2.24, 2.45) is 5.73 Å². The number of carbonyl (C=O) groups is 2. The average Bonchev–Trinajstić information content (AvgIpc) is 2.43. The van der Waals surface area contributed by atoms with E-state index >= 15 is 0 Å². The molecule has 0 unspecified atom stereocenters. The van der Waals surface area contributed by atoms with E-state index in [-0.39, 0.29) is 22.5 Å². The SMILES string of the molecule is NC(=O)c1ccc(F)c(NC(=O)c2cc(Br)ccc2N)c1. The van der Waals surface area contributed by atoms with E-state index in [2.05, 4.69) is 21.2 Å². The van der Waals surface area contributed by atoms with Crippen LogP contribution in [0.5, 0.6) is 0 Å². The molecule has 2 amide bonds. The number of nitrogen functional groups attached to an aromatic ring is 1. The second-order valence-electron chi connectivity index (χ2n) is 4.24. The van der Waals surface area contributed by atoms with Crippen LogP contribution < -0.4 is 16.8 Å². The van der Waals surface area contributed by atoms with E-state index in [4.69, 9.17) is 11.5 Å². The Morgan fingerprint density at radius 3 is 2.52 bits per heavy atom.